The highest BCUT2D eigenvalue weighted by molar-refractivity contribution is 5.89. The number of hydroxylamine groups is 1. The third kappa shape index (κ3) is 5.24. The van der Waals surface area contributed by atoms with E-state index in [1.807, 2.05) is 0 Å². The van der Waals surface area contributed by atoms with Crippen molar-refractivity contribution in [2.75, 3.05) is 5.06 Å². The second-order valence-electron chi connectivity index (χ2n) is 8.61. The molecule has 2 aromatic carbocycles. The second kappa shape index (κ2) is 10.7. The van der Waals surface area contributed by atoms with Crippen molar-refractivity contribution in [2.24, 2.45) is 0 Å². The highest BCUT2D eigenvalue weighted by Crippen LogP contribution is 2.23. The number of halogens is 2. The van der Waals surface area contributed by atoms with Gasteiger partial charge in [0.25, 0.3) is 5.69 Å². The highest BCUT2D eigenvalue weighted by atomic mass is 19.1. The Kier molecular flexibility index (Phi) is 7.00. The van der Waals surface area contributed by atoms with Gasteiger partial charge in [0, 0.05) is 36.2 Å². The maximum Gasteiger partial charge on any atom is 0.287 e. The standard InChI is InChI=1S/C15H12FN3O2.C13H8FN3O2/c1-10(20)19(21)13-3-5-15(17-9-13)18-7-6-11-8-12(16)2-4-14(11)18;14-10-1-3-12-9(7-10)5-6-16(12)13-4-2-11(8-15-13)17(18)19/h2-9,21H,1H3;1-8H. The SMILES string of the molecule is CC(=O)N(O)c1ccc(-n2ccc3cc(F)ccc32)nc1.O=[N+]([O-])c1ccc(-n2ccc3cc(F)ccc32)nc1. The number of hydrogen-bond acceptors (Lipinski definition) is 6. The Labute approximate surface area is 225 Å². The fraction of sp³-hybridized carbons (Fsp3) is 0.0357. The van der Waals surface area contributed by atoms with Gasteiger partial charge in [-0.2, -0.15) is 5.06 Å². The zero-order valence-corrected chi connectivity index (χ0v) is 20.8. The molecule has 4 aromatic heterocycles. The van der Waals surface area contributed by atoms with Gasteiger partial charge in [0.15, 0.2) is 0 Å². The van der Waals surface area contributed by atoms with Gasteiger partial charge in [-0.1, -0.05) is 0 Å². The van der Waals surface area contributed by atoms with Gasteiger partial charge >= 0.3 is 0 Å². The summed E-state index contributed by atoms with van der Waals surface area (Å²) in [6.07, 6.45) is 6.13. The van der Waals surface area contributed by atoms with Gasteiger partial charge in [-0.15, -0.1) is 0 Å². The highest BCUT2D eigenvalue weighted by Gasteiger charge is 2.11. The van der Waals surface area contributed by atoms with E-state index in [4.69, 9.17) is 0 Å². The topological polar surface area (TPSA) is 119 Å². The number of nitro groups is 1. The summed E-state index contributed by atoms with van der Waals surface area (Å²) in [5.74, 6) is 0.0683. The first-order chi connectivity index (χ1) is 19.2. The number of anilines is 1. The quantitative estimate of drug-likeness (QED) is 0.166. The number of aromatic nitrogens is 4. The molecule has 1 amide bonds. The van der Waals surface area contributed by atoms with E-state index in [1.54, 1.807) is 64.0 Å². The lowest BCUT2D eigenvalue weighted by molar-refractivity contribution is -0.385. The molecule has 6 rings (SSSR count). The lowest BCUT2D eigenvalue weighted by atomic mass is 10.2. The van der Waals surface area contributed by atoms with Crippen LogP contribution in [0.25, 0.3) is 33.4 Å². The number of amides is 1. The average molecular weight is 543 g/mol. The van der Waals surface area contributed by atoms with Gasteiger partial charge in [-0.25, -0.2) is 18.7 Å². The van der Waals surface area contributed by atoms with Crippen LogP contribution in [-0.4, -0.2) is 35.1 Å². The molecule has 0 saturated heterocycles. The van der Waals surface area contributed by atoms with E-state index in [1.165, 1.54) is 49.6 Å². The Hall–Kier alpha value is -5.49. The molecule has 10 nitrogen and oxygen atoms in total. The normalized spacial score (nSPS) is 10.8. The van der Waals surface area contributed by atoms with E-state index in [2.05, 4.69) is 9.97 Å². The largest absolute Gasteiger partial charge is 0.301 e. The summed E-state index contributed by atoms with van der Waals surface area (Å²) in [6.45, 7) is 1.25. The predicted octanol–water partition coefficient (Wildman–Crippen LogP) is 5.98. The Morgan fingerprint density at radius 2 is 1.35 bits per heavy atom. The maximum atomic E-state index is 13.2. The Bertz CT molecular complexity index is 1850. The minimum Gasteiger partial charge on any atom is -0.301 e. The number of hydrogen-bond donors (Lipinski definition) is 1. The van der Waals surface area contributed by atoms with Crippen molar-refractivity contribution in [3.8, 4) is 11.6 Å². The molecular weight excluding hydrogens is 522 g/mol. The number of fused-ring (bicyclic) bond motifs is 2. The third-order valence-corrected chi connectivity index (χ3v) is 6.02. The van der Waals surface area contributed by atoms with Gasteiger partial charge in [0.05, 0.1) is 27.8 Å². The van der Waals surface area contributed by atoms with E-state index in [0.717, 1.165) is 21.8 Å². The molecule has 1 N–H and O–H groups in total. The average Bonchev–Trinajstić information content (AvgIpc) is 3.56. The molecule has 4 heterocycles. The molecule has 0 aliphatic heterocycles. The van der Waals surface area contributed by atoms with E-state index < -0.39 is 10.8 Å². The van der Waals surface area contributed by atoms with Gasteiger partial charge in [0.1, 0.15) is 29.5 Å². The molecule has 0 unspecified atom stereocenters. The van der Waals surface area contributed by atoms with E-state index >= 15 is 0 Å². The van der Waals surface area contributed by atoms with Crippen LogP contribution in [0.4, 0.5) is 20.2 Å². The summed E-state index contributed by atoms with van der Waals surface area (Å²) in [4.78, 5) is 29.4. The molecule has 0 bridgehead atoms. The molecule has 0 aliphatic rings. The van der Waals surface area contributed by atoms with Crippen LogP contribution in [0.2, 0.25) is 0 Å². The van der Waals surface area contributed by atoms with Crippen LogP contribution in [0.3, 0.4) is 0 Å². The molecular formula is C28H20F2N6O4. The van der Waals surface area contributed by atoms with Crippen LogP contribution >= 0.6 is 0 Å². The summed E-state index contributed by atoms with van der Waals surface area (Å²) < 4.78 is 29.8. The number of benzene rings is 2. The fourth-order valence-electron chi connectivity index (χ4n) is 4.08. The molecule has 200 valence electrons. The van der Waals surface area contributed by atoms with Gasteiger partial charge in [0.2, 0.25) is 5.91 Å². The van der Waals surface area contributed by atoms with Gasteiger partial charge in [-0.05, 0) is 66.7 Å². The molecule has 12 heteroatoms. The van der Waals surface area contributed by atoms with Crippen molar-refractivity contribution in [3.05, 3.63) is 119 Å². The zero-order chi connectivity index (χ0) is 28.4. The Morgan fingerprint density at radius 1 is 0.825 bits per heavy atom. The molecule has 0 fully saturated rings. The zero-order valence-electron chi connectivity index (χ0n) is 20.8. The van der Waals surface area contributed by atoms with Crippen LogP contribution in [0, 0.1) is 21.7 Å². The first-order valence-corrected chi connectivity index (χ1v) is 11.8. The van der Waals surface area contributed by atoms with E-state index in [9.17, 15) is 28.9 Å². The fourth-order valence-corrected chi connectivity index (χ4v) is 4.08. The molecule has 6 aromatic rings. The summed E-state index contributed by atoms with van der Waals surface area (Å²) in [6, 6.07) is 18.7. The van der Waals surface area contributed by atoms with Crippen molar-refractivity contribution in [1.29, 1.82) is 0 Å². The number of rotatable bonds is 4. The Balaban J connectivity index is 0.000000162. The van der Waals surface area contributed by atoms with Crippen molar-refractivity contribution < 1.29 is 23.7 Å². The molecule has 0 radical (unpaired) electrons. The van der Waals surface area contributed by atoms with Gasteiger partial charge in [-0.3, -0.25) is 20.1 Å². The lowest BCUT2D eigenvalue weighted by Crippen LogP contribution is -2.23. The minimum atomic E-state index is -0.500. The monoisotopic (exact) mass is 542 g/mol. The lowest BCUT2D eigenvalue weighted by Gasteiger charge is -2.12. The molecule has 0 atom stereocenters. The van der Waals surface area contributed by atoms with Gasteiger partial charge < -0.3 is 9.13 Å². The van der Waals surface area contributed by atoms with Crippen molar-refractivity contribution in [3.63, 3.8) is 0 Å². The maximum absolute atomic E-state index is 13.2. The third-order valence-electron chi connectivity index (χ3n) is 6.02. The smallest absolute Gasteiger partial charge is 0.287 e. The van der Waals surface area contributed by atoms with Crippen molar-refractivity contribution in [1.82, 2.24) is 19.1 Å². The summed E-state index contributed by atoms with van der Waals surface area (Å²) in [7, 11) is 0. The number of pyridine rings is 2. The van der Waals surface area contributed by atoms with Crippen molar-refractivity contribution in [2.45, 2.75) is 6.92 Å². The van der Waals surface area contributed by atoms with Crippen LogP contribution in [0.15, 0.2) is 97.6 Å². The number of carbonyl (C=O) groups is 1. The molecule has 0 spiro atoms. The van der Waals surface area contributed by atoms with E-state index in [0.29, 0.717) is 16.7 Å². The van der Waals surface area contributed by atoms with Crippen LogP contribution in [0.5, 0.6) is 0 Å². The summed E-state index contributed by atoms with van der Waals surface area (Å²) in [5.41, 5.74) is 1.84. The number of carbonyl (C=O) groups excluding carboxylic acids is 1. The predicted molar refractivity (Wildman–Crippen MR) is 144 cm³/mol. The van der Waals surface area contributed by atoms with E-state index in [-0.39, 0.29) is 23.0 Å². The molecule has 40 heavy (non-hydrogen) atoms. The molecule has 0 saturated carbocycles. The first kappa shape index (κ1) is 26.1. The Morgan fingerprint density at radius 3 is 1.77 bits per heavy atom. The summed E-state index contributed by atoms with van der Waals surface area (Å²) >= 11 is 0. The second-order valence-corrected chi connectivity index (χ2v) is 8.61. The van der Waals surface area contributed by atoms with Crippen molar-refractivity contribution >= 4 is 39.1 Å². The van der Waals surface area contributed by atoms with Crippen LogP contribution in [-0.2, 0) is 4.79 Å². The molecule has 0 aliphatic carbocycles. The first-order valence-electron chi connectivity index (χ1n) is 11.8. The summed E-state index contributed by atoms with van der Waals surface area (Å²) in [5, 5.41) is 22.1. The van der Waals surface area contributed by atoms with Crippen LogP contribution in [0.1, 0.15) is 6.92 Å². The minimum absolute atomic E-state index is 0.0637. The number of nitrogens with zero attached hydrogens (tertiary/aromatic N) is 6. The van der Waals surface area contributed by atoms with Crippen LogP contribution < -0.4 is 5.06 Å².